The molecule has 2 aromatic heterocycles. The van der Waals surface area contributed by atoms with Gasteiger partial charge in [-0.3, -0.25) is 19.5 Å². The number of nitrogens with zero attached hydrogens (tertiary/aromatic N) is 1. The first kappa shape index (κ1) is 16.9. The van der Waals surface area contributed by atoms with Crippen LogP contribution in [0, 0.1) is 0 Å². The third-order valence-electron chi connectivity index (χ3n) is 4.05. The summed E-state index contributed by atoms with van der Waals surface area (Å²) >= 11 is 6.01. The van der Waals surface area contributed by atoms with Gasteiger partial charge in [-0.2, -0.15) is 4.52 Å². The van der Waals surface area contributed by atoms with Gasteiger partial charge in [0.1, 0.15) is 0 Å². The second kappa shape index (κ2) is 6.62. The van der Waals surface area contributed by atoms with Crippen LogP contribution in [0.25, 0.3) is 16.9 Å². The molecule has 7 nitrogen and oxygen atoms in total. The van der Waals surface area contributed by atoms with Crippen LogP contribution in [0.1, 0.15) is 10.4 Å². The summed E-state index contributed by atoms with van der Waals surface area (Å²) in [6, 6.07) is 16.8. The van der Waals surface area contributed by atoms with Gasteiger partial charge in [0.05, 0.1) is 5.69 Å². The number of rotatable bonds is 3. The minimum Gasteiger partial charge on any atom is -0.338 e. The molecule has 0 atom stereocenters. The largest absolute Gasteiger partial charge is 0.338 e. The number of fused-ring (bicyclic) bond motifs is 1. The highest BCUT2D eigenvalue weighted by molar-refractivity contribution is 6.30. The molecule has 4 rings (SSSR count). The lowest BCUT2D eigenvalue weighted by Gasteiger charge is -2.06. The molecule has 2 heterocycles. The molecule has 0 spiro atoms. The van der Waals surface area contributed by atoms with E-state index < -0.39 is 17.0 Å². The Morgan fingerprint density at radius 3 is 2.52 bits per heavy atom. The number of benzene rings is 2. The van der Waals surface area contributed by atoms with Crippen LogP contribution in [-0.4, -0.2) is 20.5 Å². The molecule has 0 fully saturated rings. The lowest BCUT2D eigenvalue weighted by molar-refractivity contribution is 0.102. The Morgan fingerprint density at radius 2 is 1.78 bits per heavy atom. The normalized spacial score (nSPS) is 10.9. The molecule has 0 saturated heterocycles. The Balaban J connectivity index is 1.84. The quantitative estimate of drug-likeness (QED) is 0.509. The highest BCUT2D eigenvalue weighted by atomic mass is 35.5. The van der Waals surface area contributed by atoms with Crippen molar-refractivity contribution in [2.75, 3.05) is 5.32 Å². The van der Waals surface area contributed by atoms with Crippen LogP contribution >= 0.6 is 11.6 Å². The zero-order chi connectivity index (χ0) is 19.0. The molecule has 0 saturated carbocycles. The zero-order valence-corrected chi connectivity index (χ0v) is 14.6. The van der Waals surface area contributed by atoms with Crippen molar-refractivity contribution in [3.05, 3.63) is 92.0 Å². The topological polar surface area (TPSA) is 99.2 Å². The first-order valence-corrected chi connectivity index (χ1v) is 8.41. The molecule has 2 aromatic carbocycles. The van der Waals surface area contributed by atoms with E-state index in [-0.39, 0.29) is 11.3 Å². The maximum atomic E-state index is 12.4. The highest BCUT2D eigenvalue weighted by Crippen LogP contribution is 2.21. The van der Waals surface area contributed by atoms with Gasteiger partial charge >= 0.3 is 0 Å². The molecule has 0 radical (unpaired) electrons. The average molecular weight is 381 g/mol. The van der Waals surface area contributed by atoms with E-state index in [4.69, 9.17) is 11.6 Å². The minimum atomic E-state index is -0.587. The molecule has 0 bridgehead atoms. The molecule has 0 aliphatic heterocycles. The van der Waals surface area contributed by atoms with Crippen molar-refractivity contribution in [1.29, 1.82) is 0 Å². The van der Waals surface area contributed by atoms with E-state index in [1.165, 1.54) is 6.07 Å². The molecule has 134 valence electrons. The Morgan fingerprint density at radius 1 is 1.00 bits per heavy atom. The SMILES string of the molecule is O=C(Nc1c(=O)[nH]n2c(=O)cc(-c3cccc(Cl)c3)[nH]c12)c1ccccc1. The van der Waals surface area contributed by atoms with Crippen LogP contribution in [0.4, 0.5) is 5.69 Å². The van der Waals surface area contributed by atoms with Crippen LogP contribution in [0.3, 0.4) is 0 Å². The standard InChI is InChI=1S/C19H13ClN4O3/c20-13-8-4-7-12(9-13)14-10-15(25)24-17(21-14)16(19(27)23-24)22-18(26)11-5-2-1-3-6-11/h1-10,21H,(H,22,26)(H,23,27). The molecule has 4 aromatic rings. The summed E-state index contributed by atoms with van der Waals surface area (Å²) in [4.78, 5) is 40.1. The predicted octanol–water partition coefficient (Wildman–Crippen LogP) is 2.89. The fourth-order valence-electron chi connectivity index (χ4n) is 2.77. The van der Waals surface area contributed by atoms with Gasteiger partial charge in [-0.05, 0) is 29.8 Å². The second-order valence-electron chi connectivity index (χ2n) is 5.85. The molecule has 0 aliphatic carbocycles. The Bertz CT molecular complexity index is 1270. The number of nitrogens with one attached hydrogen (secondary N) is 3. The van der Waals surface area contributed by atoms with Crippen LogP contribution in [0.5, 0.6) is 0 Å². The smallest absolute Gasteiger partial charge is 0.290 e. The Labute approximate surface area is 157 Å². The predicted molar refractivity (Wildman–Crippen MR) is 103 cm³/mol. The van der Waals surface area contributed by atoms with Gasteiger partial charge in [-0.25, -0.2) is 0 Å². The van der Waals surface area contributed by atoms with Crippen molar-refractivity contribution in [2.45, 2.75) is 0 Å². The number of H-pyrrole nitrogens is 2. The molecule has 8 heteroatoms. The minimum absolute atomic E-state index is 0.0372. The first-order valence-electron chi connectivity index (χ1n) is 8.03. The summed E-state index contributed by atoms with van der Waals surface area (Å²) in [5, 5.41) is 5.50. The zero-order valence-electron chi connectivity index (χ0n) is 13.8. The Hall–Kier alpha value is -3.58. The molecule has 0 aliphatic rings. The van der Waals surface area contributed by atoms with E-state index >= 15 is 0 Å². The number of aromatic amines is 2. The van der Waals surface area contributed by atoms with Crippen LogP contribution in [0.2, 0.25) is 5.02 Å². The molecule has 1 amide bonds. The van der Waals surface area contributed by atoms with Gasteiger partial charge in [-0.1, -0.05) is 41.9 Å². The number of halogens is 1. The molecule has 27 heavy (non-hydrogen) atoms. The van der Waals surface area contributed by atoms with Crippen LogP contribution in [-0.2, 0) is 0 Å². The van der Waals surface area contributed by atoms with Gasteiger partial charge < -0.3 is 10.3 Å². The summed E-state index contributed by atoms with van der Waals surface area (Å²) in [6.45, 7) is 0. The van der Waals surface area contributed by atoms with E-state index in [1.807, 2.05) is 0 Å². The van der Waals surface area contributed by atoms with E-state index in [2.05, 4.69) is 15.4 Å². The maximum Gasteiger partial charge on any atom is 0.290 e. The van der Waals surface area contributed by atoms with E-state index in [9.17, 15) is 14.4 Å². The Kier molecular flexibility index (Phi) is 4.13. The lowest BCUT2D eigenvalue weighted by Crippen LogP contribution is -2.17. The number of hydrogen-bond acceptors (Lipinski definition) is 3. The maximum absolute atomic E-state index is 12.4. The number of carbonyl (C=O) groups excluding carboxylic acids is 1. The summed E-state index contributed by atoms with van der Waals surface area (Å²) in [6.07, 6.45) is 0. The monoisotopic (exact) mass is 380 g/mol. The molecular weight excluding hydrogens is 368 g/mol. The second-order valence-corrected chi connectivity index (χ2v) is 6.29. The van der Waals surface area contributed by atoms with Crippen molar-refractivity contribution >= 4 is 28.8 Å². The van der Waals surface area contributed by atoms with Gasteiger partial charge in [0, 0.05) is 16.7 Å². The van der Waals surface area contributed by atoms with Crippen molar-refractivity contribution in [1.82, 2.24) is 14.6 Å². The fraction of sp³-hybridized carbons (Fsp3) is 0. The van der Waals surface area contributed by atoms with E-state index in [0.717, 1.165) is 4.52 Å². The van der Waals surface area contributed by atoms with Crippen LogP contribution < -0.4 is 16.4 Å². The summed E-state index contributed by atoms with van der Waals surface area (Å²) in [5.41, 5.74) is 0.626. The first-order chi connectivity index (χ1) is 13.0. The highest BCUT2D eigenvalue weighted by Gasteiger charge is 2.16. The number of hydrogen-bond donors (Lipinski definition) is 3. The van der Waals surface area contributed by atoms with Crippen molar-refractivity contribution in [2.24, 2.45) is 0 Å². The van der Waals surface area contributed by atoms with Gasteiger partial charge in [0.15, 0.2) is 11.3 Å². The molecule has 0 unspecified atom stereocenters. The van der Waals surface area contributed by atoms with Gasteiger partial charge in [0.2, 0.25) is 0 Å². The summed E-state index contributed by atoms with van der Waals surface area (Å²) in [7, 11) is 0. The number of carbonyl (C=O) groups is 1. The van der Waals surface area contributed by atoms with Crippen molar-refractivity contribution < 1.29 is 4.79 Å². The van der Waals surface area contributed by atoms with Gasteiger partial charge in [-0.15, -0.1) is 0 Å². The van der Waals surface area contributed by atoms with Crippen molar-refractivity contribution in [3.63, 3.8) is 0 Å². The molecular formula is C19H13ClN4O3. The van der Waals surface area contributed by atoms with Crippen LogP contribution in [0.15, 0.2) is 70.3 Å². The van der Waals surface area contributed by atoms with Gasteiger partial charge in [0.25, 0.3) is 17.0 Å². The van der Waals surface area contributed by atoms with E-state index in [1.54, 1.807) is 54.6 Å². The summed E-state index contributed by atoms with van der Waals surface area (Å²) in [5.74, 6) is -0.455. The third-order valence-corrected chi connectivity index (χ3v) is 4.29. The number of amides is 1. The fourth-order valence-corrected chi connectivity index (χ4v) is 2.96. The molecule has 3 N–H and O–H groups in total. The van der Waals surface area contributed by atoms with E-state index in [0.29, 0.717) is 21.8 Å². The number of aromatic nitrogens is 3. The van der Waals surface area contributed by atoms with Crippen molar-refractivity contribution in [3.8, 4) is 11.3 Å². The number of anilines is 1. The average Bonchev–Trinajstić information content (AvgIpc) is 2.99. The third kappa shape index (κ3) is 3.16. The summed E-state index contributed by atoms with van der Waals surface area (Å²) < 4.78 is 1.05. The lowest BCUT2D eigenvalue weighted by atomic mass is 10.1.